The zero-order valence-corrected chi connectivity index (χ0v) is 7.27. The first-order chi connectivity index (χ1) is 4.69. The molecule has 1 heterocycles. The first-order valence-corrected chi connectivity index (χ1v) is 4.23. The van der Waals surface area contributed by atoms with Crippen molar-refractivity contribution in [3.8, 4) is 0 Å². The molecule has 1 N–H and O–H groups in total. The van der Waals surface area contributed by atoms with Gasteiger partial charge in [-0.2, -0.15) is 0 Å². The summed E-state index contributed by atoms with van der Waals surface area (Å²) in [7, 11) is 1.91. The molecule has 1 unspecified atom stereocenters. The SMILES string of the molecule is CCSC1(C)NN=NN1C. The summed E-state index contributed by atoms with van der Waals surface area (Å²) < 4.78 is 0. The van der Waals surface area contributed by atoms with E-state index in [4.69, 9.17) is 0 Å². The van der Waals surface area contributed by atoms with E-state index in [2.05, 4.69) is 29.7 Å². The Bertz CT molecular complexity index is 149. The van der Waals surface area contributed by atoms with Gasteiger partial charge >= 0.3 is 0 Å². The van der Waals surface area contributed by atoms with Gasteiger partial charge in [0.05, 0.1) is 0 Å². The van der Waals surface area contributed by atoms with Crippen molar-refractivity contribution in [1.82, 2.24) is 10.4 Å². The van der Waals surface area contributed by atoms with E-state index < -0.39 is 0 Å². The minimum absolute atomic E-state index is 0.130. The molecular weight excluding hydrogens is 148 g/mol. The van der Waals surface area contributed by atoms with Gasteiger partial charge in [-0.3, -0.25) is 5.43 Å². The van der Waals surface area contributed by atoms with Crippen LogP contribution in [-0.2, 0) is 0 Å². The molecule has 10 heavy (non-hydrogen) atoms. The van der Waals surface area contributed by atoms with Gasteiger partial charge in [0.15, 0.2) is 4.99 Å². The van der Waals surface area contributed by atoms with Crippen LogP contribution >= 0.6 is 11.8 Å². The van der Waals surface area contributed by atoms with E-state index in [0.29, 0.717) is 0 Å². The van der Waals surface area contributed by atoms with Crippen LogP contribution in [0.1, 0.15) is 13.8 Å². The lowest BCUT2D eigenvalue weighted by Gasteiger charge is -2.27. The first kappa shape index (κ1) is 7.65. The Morgan fingerprint density at radius 3 is 2.80 bits per heavy atom. The normalized spacial score (nSPS) is 30.9. The second-order valence-corrected chi connectivity index (χ2v) is 3.90. The predicted molar refractivity (Wildman–Crippen MR) is 42.3 cm³/mol. The van der Waals surface area contributed by atoms with E-state index >= 15 is 0 Å². The molecule has 1 atom stereocenters. The average Bonchev–Trinajstić information content (AvgIpc) is 2.15. The smallest absolute Gasteiger partial charge is 0.189 e. The standard InChI is InChI=1S/C5H12N4S/c1-4-10-5(2)6-7-8-9(5)3/h4H2,1-3H3,(H,6,8). The lowest BCUT2D eigenvalue weighted by Crippen LogP contribution is -2.43. The van der Waals surface area contributed by atoms with Gasteiger partial charge in [-0.25, -0.2) is 5.01 Å². The second-order valence-electron chi connectivity index (χ2n) is 2.24. The summed E-state index contributed by atoms with van der Waals surface area (Å²) in [5.41, 5.74) is 2.93. The molecule has 1 aliphatic rings. The maximum atomic E-state index is 3.83. The van der Waals surface area contributed by atoms with Gasteiger partial charge in [-0.1, -0.05) is 17.4 Å². The molecule has 0 aliphatic carbocycles. The van der Waals surface area contributed by atoms with Crippen molar-refractivity contribution in [2.24, 2.45) is 10.4 Å². The molecule has 0 spiro atoms. The van der Waals surface area contributed by atoms with Crippen LogP contribution in [0, 0.1) is 0 Å². The summed E-state index contributed by atoms with van der Waals surface area (Å²) in [4.78, 5) is -0.130. The summed E-state index contributed by atoms with van der Waals surface area (Å²) in [6, 6.07) is 0. The maximum absolute atomic E-state index is 3.83. The summed E-state index contributed by atoms with van der Waals surface area (Å²) in [5, 5.41) is 9.37. The molecule has 0 radical (unpaired) electrons. The van der Waals surface area contributed by atoms with Crippen LogP contribution in [0.5, 0.6) is 0 Å². The second kappa shape index (κ2) is 2.65. The molecule has 1 aliphatic heterocycles. The molecule has 0 aromatic heterocycles. The fourth-order valence-electron chi connectivity index (χ4n) is 0.747. The molecule has 0 saturated heterocycles. The van der Waals surface area contributed by atoms with E-state index in [-0.39, 0.29) is 4.99 Å². The van der Waals surface area contributed by atoms with E-state index in [0.717, 1.165) is 5.75 Å². The van der Waals surface area contributed by atoms with Gasteiger partial charge < -0.3 is 0 Å². The van der Waals surface area contributed by atoms with Gasteiger partial charge in [0.25, 0.3) is 0 Å². The first-order valence-electron chi connectivity index (χ1n) is 3.24. The molecule has 0 aromatic rings. The average molecular weight is 160 g/mol. The molecule has 0 saturated carbocycles. The van der Waals surface area contributed by atoms with Crippen molar-refractivity contribution in [1.29, 1.82) is 0 Å². The van der Waals surface area contributed by atoms with E-state index in [1.54, 1.807) is 11.8 Å². The number of rotatable bonds is 2. The van der Waals surface area contributed by atoms with Gasteiger partial charge in [-0.15, -0.1) is 11.8 Å². The minimum Gasteiger partial charge on any atom is -0.254 e. The number of hydrogen-bond donors (Lipinski definition) is 1. The molecule has 5 heteroatoms. The molecule has 58 valence electrons. The highest BCUT2D eigenvalue weighted by Crippen LogP contribution is 2.28. The van der Waals surface area contributed by atoms with Crippen LogP contribution < -0.4 is 5.43 Å². The van der Waals surface area contributed by atoms with Crippen LogP contribution in [0.2, 0.25) is 0 Å². The van der Waals surface area contributed by atoms with E-state index in [1.165, 1.54) is 0 Å². The van der Waals surface area contributed by atoms with Crippen molar-refractivity contribution < 1.29 is 0 Å². The number of hydrogen-bond acceptors (Lipinski definition) is 5. The van der Waals surface area contributed by atoms with E-state index in [1.807, 2.05) is 12.1 Å². The van der Waals surface area contributed by atoms with Gasteiger partial charge in [0.2, 0.25) is 0 Å². The van der Waals surface area contributed by atoms with Crippen molar-refractivity contribution in [2.75, 3.05) is 12.8 Å². The largest absolute Gasteiger partial charge is 0.254 e. The highest BCUT2D eigenvalue weighted by molar-refractivity contribution is 8.00. The molecule has 0 bridgehead atoms. The van der Waals surface area contributed by atoms with Gasteiger partial charge in [0.1, 0.15) is 0 Å². The van der Waals surface area contributed by atoms with Crippen molar-refractivity contribution in [3.05, 3.63) is 0 Å². The molecule has 1 rings (SSSR count). The van der Waals surface area contributed by atoms with Crippen molar-refractivity contribution in [2.45, 2.75) is 18.8 Å². The summed E-state index contributed by atoms with van der Waals surface area (Å²) in [6.45, 7) is 4.17. The highest BCUT2D eigenvalue weighted by atomic mass is 32.2. The molecule has 0 fully saturated rings. The Labute approximate surface area is 65.0 Å². The third-order valence-electron chi connectivity index (χ3n) is 1.48. The fourth-order valence-corrected chi connectivity index (χ4v) is 1.64. The molecule has 4 nitrogen and oxygen atoms in total. The third-order valence-corrected chi connectivity index (χ3v) is 2.69. The number of nitrogens with zero attached hydrogens (tertiary/aromatic N) is 3. The van der Waals surface area contributed by atoms with Crippen molar-refractivity contribution in [3.63, 3.8) is 0 Å². The quantitative estimate of drug-likeness (QED) is 0.660. The zero-order valence-electron chi connectivity index (χ0n) is 6.46. The number of nitrogens with one attached hydrogen (secondary N) is 1. The van der Waals surface area contributed by atoms with Gasteiger partial charge in [0, 0.05) is 7.05 Å². The Morgan fingerprint density at radius 2 is 2.40 bits per heavy atom. The van der Waals surface area contributed by atoms with Crippen molar-refractivity contribution >= 4 is 11.8 Å². The molecule has 0 aromatic carbocycles. The monoisotopic (exact) mass is 160 g/mol. The van der Waals surface area contributed by atoms with E-state index in [9.17, 15) is 0 Å². The Morgan fingerprint density at radius 1 is 1.70 bits per heavy atom. The third kappa shape index (κ3) is 1.18. The Hall–Kier alpha value is -0.450. The summed E-state index contributed by atoms with van der Waals surface area (Å²) in [5.74, 6) is 1.05. The predicted octanol–water partition coefficient (Wildman–Crippen LogP) is 1.23. The van der Waals surface area contributed by atoms with Crippen LogP contribution in [0.3, 0.4) is 0 Å². The maximum Gasteiger partial charge on any atom is 0.189 e. The summed E-state index contributed by atoms with van der Waals surface area (Å²) in [6.07, 6.45) is 0. The Balaban J connectivity index is 2.52. The zero-order chi connectivity index (χ0) is 7.61. The molecular formula is C5H12N4S. The van der Waals surface area contributed by atoms with Crippen LogP contribution in [0.15, 0.2) is 10.4 Å². The fraction of sp³-hybridized carbons (Fsp3) is 1.00. The highest BCUT2D eigenvalue weighted by Gasteiger charge is 2.32. The van der Waals surface area contributed by atoms with Crippen LogP contribution in [-0.4, -0.2) is 22.8 Å². The van der Waals surface area contributed by atoms with Gasteiger partial charge in [-0.05, 0) is 12.7 Å². The lowest BCUT2D eigenvalue weighted by molar-refractivity contribution is 0.250. The van der Waals surface area contributed by atoms with Crippen LogP contribution in [0.4, 0.5) is 0 Å². The topological polar surface area (TPSA) is 40.0 Å². The lowest BCUT2D eigenvalue weighted by atomic mass is 10.6. The van der Waals surface area contributed by atoms with Crippen LogP contribution in [0.25, 0.3) is 0 Å². The molecule has 0 amide bonds. The minimum atomic E-state index is -0.130. The number of thioether (sulfide) groups is 1. The Kier molecular flexibility index (Phi) is 2.03. The summed E-state index contributed by atoms with van der Waals surface area (Å²) >= 11 is 1.78.